The van der Waals surface area contributed by atoms with Gasteiger partial charge in [0.25, 0.3) is 0 Å². The molecule has 1 fully saturated rings. The van der Waals surface area contributed by atoms with E-state index in [1.54, 1.807) is 23.1 Å². The van der Waals surface area contributed by atoms with E-state index in [-0.39, 0.29) is 10.8 Å². The van der Waals surface area contributed by atoms with E-state index >= 15 is 0 Å². The summed E-state index contributed by atoms with van der Waals surface area (Å²) in [5, 5.41) is 1.49. The first-order valence-electron chi connectivity index (χ1n) is 15.1. The summed E-state index contributed by atoms with van der Waals surface area (Å²) in [6, 6.07) is 11.0. The predicted octanol–water partition coefficient (Wildman–Crippen LogP) is 6.95. The largest absolute Gasteiger partial charge is 0.372 e. The molecule has 0 spiro atoms. The molecular formula is C32H45ClN4O3SSi. The van der Waals surface area contributed by atoms with Crippen LogP contribution in [-0.2, 0) is 21.2 Å². The first-order chi connectivity index (χ1) is 19.7. The zero-order chi connectivity index (χ0) is 30.7. The van der Waals surface area contributed by atoms with E-state index in [9.17, 15) is 13.2 Å². The summed E-state index contributed by atoms with van der Waals surface area (Å²) in [7, 11) is -1.96. The van der Waals surface area contributed by atoms with Gasteiger partial charge in [0.2, 0.25) is 15.9 Å². The van der Waals surface area contributed by atoms with Crippen LogP contribution in [0.1, 0.15) is 71.6 Å². The van der Waals surface area contributed by atoms with Gasteiger partial charge in [-0.3, -0.25) is 4.79 Å². The van der Waals surface area contributed by atoms with E-state index in [0.29, 0.717) is 40.7 Å². The standard InChI is InChI=1S/C32H45ClN4O3SSi/c1-20(2)42(21(3)4,22(5)6)37-19-28(33)27-13-11-25(18-31(27)37)41(39,40)34-29-15-16-36(32(29)38)24-10-12-26-23(17-24)9-14-30(26)35(7)8/h10-13,17-22,29-30,34H,9,14-16H2,1-8H3/t29-,30?/m0/s1. The maximum absolute atomic E-state index is 13.7. The van der Waals surface area contributed by atoms with Gasteiger partial charge < -0.3 is 14.0 Å². The molecule has 1 saturated heterocycles. The Labute approximate surface area is 257 Å². The van der Waals surface area contributed by atoms with Crippen molar-refractivity contribution in [2.24, 2.45) is 0 Å². The van der Waals surface area contributed by atoms with Gasteiger partial charge in [0.15, 0.2) is 8.24 Å². The monoisotopic (exact) mass is 628 g/mol. The number of anilines is 1. The van der Waals surface area contributed by atoms with Crippen molar-refractivity contribution < 1.29 is 13.2 Å². The Morgan fingerprint density at radius 2 is 1.64 bits per heavy atom. The zero-order valence-corrected chi connectivity index (χ0v) is 28.7. The van der Waals surface area contributed by atoms with Crippen LogP contribution in [0.2, 0.25) is 21.6 Å². The van der Waals surface area contributed by atoms with Crippen molar-refractivity contribution in [2.75, 3.05) is 25.5 Å². The second-order valence-electron chi connectivity index (χ2n) is 13.2. The number of carbonyl (C=O) groups is 1. The molecule has 0 saturated carbocycles. The maximum atomic E-state index is 13.7. The van der Waals surface area contributed by atoms with Gasteiger partial charge in [-0.1, -0.05) is 65.3 Å². The van der Waals surface area contributed by atoms with Gasteiger partial charge in [0.1, 0.15) is 6.04 Å². The third kappa shape index (κ3) is 5.05. The molecule has 1 aliphatic heterocycles. The SMILES string of the molecule is CC(C)[Si](C(C)C)(C(C)C)n1cc(Cl)c2ccc(S(=O)(=O)N[C@H]3CCN(c4ccc5c(c4)CCC5N(C)C)C3=O)cc21. The molecule has 0 radical (unpaired) electrons. The van der Waals surface area contributed by atoms with E-state index < -0.39 is 24.3 Å². The van der Waals surface area contributed by atoms with E-state index in [2.05, 4.69) is 81.6 Å². The summed E-state index contributed by atoms with van der Waals surface area (Å²) in [4.78, 5) is 17.6. The molecule has 2 aliphatic rings. The summed E-state index contributed by atoms with van der Waals surface area (Å²) < 4.78 is 32.5. The van der Waals surface area contributed by atoms with Crippen molar-refractivity contribution in [3.63, 3.8) is 0 Å². The van der Waals surface area contributed by atoms with Gasteiger partial charge in [-0.15, -0.1) is 0 Å². The average Bonchev–Trinajstić information content (AvgIpc) is 3.59. The molecule has 42 heavy (non-hydrogen) atoms. The second kappa shape index (κ2) is 11.4. The van der Waals surface area contributed by atoms with Crippen molar-refractivity contribution in [1.82, 2.24) is 13.9 Å². The Bertz CT molecular complexity index is 1590. The molecule has 10 heteroatoms. The molecule has 1 amide bonds. The van der Waals surface area contributed by atoms with Crippen LogP contribution in [0.3, 0.4) is 0 Å². The minimum absolute atomic E-state index is 0.156. The van der Waals surface area contributed by atoms with E-state index in [0.717, 1.165) is 29.4 Å². The van der Waals surface area contributed by atoms with Gasteiger partial charge in [0.05, 0.1) is 9.92 Å². The van der Waals surface area contributed by atoms with Crippen LogP contribution >= 0.6 is 11.6 Å². The number of fused-ring (bicyclic) bond motifs is 2. The summed E-state index contributed by atoms with van der Waals surface area (Å²) in [6.07, 6.45) is 4.48. The minimum atomic E-state index is -3.96. The fourth-order valence-corrected chi connectivity index (χ4v) is 16.3. The Morgan fingerprint density at radius 1 is 0.976 bits per heavy atom. The number of carbonyl (C=O) groups excluding carboxylic acids is 1. The number of aryl methyl sites for hydroxylation is 1. The van der Waals surface area contributed by atoms with Crippen LogP contribution in [0.4, 0.5) is 5.69 Å². The van der Waals surface area contributed by atoms with E-state index in [1.807, 2.05) is 12.3 Å². The van der Waals surface area contributed by atoms with Crippen molar-refractivity contribution in [3.05, 3.63) is 58.7 Å². The average molecular weight is 629 g/mol. The molecule has 2 atom stereocenters. The van der Waals surface area contributed by atoms with Crippen LogP contribution < -0.4 is 9.62 Å². The maximum Gasteiger partial charge on any atom is 0.245 e. The van der Waals surface area contributed by atoms with Gasteiger partial charge in [-0.05, 0) is 85.4 Å². The molecule has 1 aromatic heterocycles. The molecule has 3 aromatic rings. The Balaban J connectivity index is 1.43. The molecule has 0 bridgehead atoms. The Morgan fingerprint density at radius 3 is 2.26 bits per heavy atom. The molecule has 5 rings (SSSR count). The number of rotatable bonds is 9. The number of hydrogen-bond donors (Lipinski definition) is 1. The molecule has 2 heterocycles. The van der Waals surface area contributed by atoms with Gasteiger partial charge in [-0.25, -0.2) is 8.42 Å². The zero-order valence-electron chi connectivity index (χ0n) is 26.1. The highest BCUT2D eigenvalue weighted by atomic mass is 35.5. The van der Waals surface area contributed by atoms with Crippen molar-refractivity contribution in [2.45, 2.75) is 94.4 Å². The molecule has 1 N–H and O–H groups in total. The van der Waals surface area contributed by atoms with Crippen molar-refractivity contribution >= 4 is 52.4 Å². The van der Waals surface area contributed by atoms with Crippen LogP contribution in [0, 0.1) is 0 Å². The predicted molar refractivity (Wildman–Crippen MR) is 176 cm³/mol. The number of halogens is 1. The minimum Gasteiger partial charge on any atom is -0.372 e. The quantitative estimate of drug-likeness (QED) is 0.260. The first-order valence-corrected chi connectivity index (χ1v) is 19.2. The topological polar surface area (TPSA) is 74.7 Å². The number of amides is 1. The molecule has 2 aromatic carbocycles. The first kappa shape index (κ1) is 31.3. The molecular weight excluding hydrogens is 584 g/mol. The van der Waals surface area contributed by atoms with Crippen molar-refractivity contribution in [1.29, 1.82) is 0 Å². The lowest BCUT2D eigenvalue weighted by atomic mass is 10.1. The lowest BCUT2D eigenvalue weighted by molar-refractivity contribution is -0.118. The third-order valence-corrected chi connectivity index (χ3v) is 18.4. The second-order valence-corrected chi connectivity index (χ2v) is 21.1. The smallest absolute Gasteiger partial charge is 0.245 e. The number of nitrogens with zero attached hydrogens (tertiary/aromatic N) is 3. The highest BCUT2D eigenvalue weighted by Crippen LogP contribution is 2.46. The summed E-state index contributed by atoms with van der Waals surface area (Å²) >= 11 is 6.74. The van der Waals surface area contributed by atoms with Gasteiger partial charge >= 0.3 is 0 Å². The summed E-state index contributed by atoms with van der Waals surface area (Å²) in [5.41, 5.74) is 5.51. The normalized spacial score (nSPS) is 19.8. The Hall–Kier alpha value is -2.17. The van der Waals surface area contributed by atoms with Gasteiger partial charge in [0, 0.05) is 35.4 Å². The van der Waals surface area contributed by atoms with E-state index in [4.69, 9.17) is 11.6 Å². The number of nitrogens with one attached hydrogen (secondary N) is 1. The van der Waals surface area contributed by atoms with Crippen LogP contribution in [0.25, 0.3) is 10.9 Å². The third-order valence-electron chi connectivity index (χ3n) is 9.84. The van der Waals surface area contributed by atoms with Crippen LogP contribution in [0.5, 0.6) is 0 Å². The summed E-state index contributed by atoms with van der Waals surface area (Å²) in [6.45, 7) is 14.1. The van der Waals surface area contributed by atoms with Crippen LogP contribution in [0.15, 0.2) is 47.5 Å². The number of aromatic nitrogens is 1. The van der Waals surface area contributed by atoms with Gasteiger partial charge in [-0.2, -0.15) is 4.72 Å². The lowest BCUT2D eigenvalue weighted by Crippen LogP contribution is -2.51. The number of benzene rings is 2. The molecule has 228 valence electrons. The fraction of sp³-hybridized carbons (Fsp3) is 0.531. The fourth-order valence-electron chi connectivity index (χ4n) is 8.07. The molecule has 7 nitrogen and oxygen atoms in total. The van der Waals surface area contributed by atoms with Crippen molar-refractivity contribution in [3.8, 4) is 0 Å². The highest BCUT2D eigenvalue weighted by molar-refractivity contribution is 7.89. The molecule has 1 aliphatic carbocycles. The Kier molecular flexibility index (Phi) is 8.48. The van der Waals surface area contributed by atoms with E-state index in [1.165, 1.54) is 11.1 Å². The number of sulfonamides is 1. The number of hydrogen-bond acceptors (Lipinski definition) is 4. The highest BCUT2D eigenvalue weighted by Gasteiger charge is 2.46. The molecule has 1 unspecified atom stereocenters. The van der Waals surface area contributed by atoms with Crippen LogP contribution in [-0.4, -0.2) is 58.4 Å². The lowest BCUT2D eigenvalue weighted by Gasteiger charge is -2.44. The summed E-state index contributed by atoms with van der Waals surface area (Å²) in [5.74, 6) is -0.209.